The number of fused-ring (bicyclic) bond motifs is 1. The van der Waals surface area contributed by atoms with Gasteiger partial charge in [0.1, 0.15) is 0 Å². The van der Waals surface area contributed by atoms with Crippen molar-refractivity contribution in [3.63, 3.8) is 0 Å². The Labute approximate surface area is 108 Å². The van der Waals surface area contributed by atoms with Gasteiger partial charge < -0.3 is 5.32 Å². The number of rotatable bonds is 2. The molecule has 1 aliphatic carbocycles. The average Bonchev–Trinajstić information content (AvgIpc) is 2.78. The number of hydrogen-bond acceptors (Lipinski definition) is 3. The fourth-order valence-electron chi connectivity index (χ4n) is 3.73. The Kier molecular flexibility index (Phi) is 2.40. The average molecular weight is 250 g/mol. The van der Waals surface area contributed by atoms with Gasteiger partial charge >= 0.3 is 0 Å². The quantitative estimate of drug-likeness (QED) is 0.744. The van der Waals surface area contributed by atoms with E-state index in [2.05, 4.69) is 12.2 Å². The normalized spacial score (nSPS) is 36.7. The summed E-state index contributed by atoms with van der Waals surface area (Å²) in [6, 6.07) is 0. The lowest BCUT2D eigenvalue weighted by Crippen LogP contribution is -2.47. The molecule has 3 aliphatic rings. The molecule has 1 saturated carbocycles. The van der Waals surface area contributed by atoms with Crippen molar-refractivity contribution in [2.24, 2.45) is 22.7 Å². The van der Waals surface area contributed by atoms with E-state index in [0.717, 1.165) is 25.9 Å². The van der Waals surface area contributed by atoms with Gasteiger partial charge in [0.25, 0.3) is 0 Å². The molecule has 0 aromatic carbocycles. The molecule has 2 amide bonds. The Balaban J connectivity index is 1.72. The molecule has 0 aromatic heterocycles. The first kappa shape index (κ1) is 12.2. The Morgan fingerprint density at radius 3 is 2.11 bits per heavy atom. The molecule has 3 fully saturated rings. The van der Waals surface area contributed by atoms with Gasteiger partial charge in [-0.05, 0) is 36.8 Å². The number of nitrogens with one attached hydrogen (secondary N) is 1. The Morgan fingerprint density at radius 2 is 1.61 bits per heavy atom. The second kappa shape index (κ2) is 3.56. The highest BCUT2D eigenvalue weighted by Crippen LogP contribution is 2.63. The van der Waals surface area contributed by atoms with Crippen LogP contribution in [0.25, 0.3) is 0 Å². The molecule has 18 heavy (non-hydrogen) atoms. The van der Waals surface area contributed by atoms with Crippen molar-refractivity contribution in [2.45, 2.75) is 33.6 Å². The van der Waals surface area contributed by atoms with Crippen LogP contribution in [0, 0.1) is 22.7 Å². The molecule has 4 nitrogen and oxygen atoms in total. The monoisotopic (exact) mass is 250 g/mol. The molecule has 2 unspecified atom stereocenters. The highest BCUT2D eigenvalue weighted by Gasteiger charge is 2.72. The molecule has 0 radical (unpaired) electrons. The van der Waals surface area contributed by atoms with Crippen LogP contribution in [0.2, 0.25) is 0 Å². The molecule has 100 valence electrons. The van der Waals surface area contributed by atoms with Crippen LogP contribution in [0.5, 0.6) is 0 Å². The lowest BCUT2D eigenvalue weighted by molar-refractivity contribution is -0.145. The Hall–Kier alpha value is -0.900. The number of carbonyl (C=O) groups is 2. The van der Waals surface area contributed by atoms with Crippen molar-refractivity contribution < 1.29 is 9.59 Å². The van der Waals surface area contributed by atoms with Crippen molar-refractivity contribution in [1.29, 1.82) is 0 Å². The van der Waals surface area contributed by atoms with E-state index >= 15 is 0 Å². The van der Waals surface area contributed by atoms with Crippen molar-refractivity contribution in [3.05, 3.63) is 0 Å². The van der Waals surface area contributed by atoms with E-state index in [-0.39, 0.29) is 34.5 Å². The zero-order chi connectivity index (χ0) is 13.1. The van der Waals surface area contributed by atoms with Gasteiger partial charge in [0.2, 0.25) is 11.8 Å². The van der Waals surface area contributed by atoms with E-state index in [1.807, 2.05) is 13.8 Å². The minimum Gasteiger partial charge on any atom is -0.317 e. The van der Waals surface area contributed by atoms with Gasteiger partial charge in [0, 0.05) is 6.54 Å². The van der Waals surface area contributed by atoms with Crippen LogP contribution < -0.4 is 5.32 Å². The third-order valence-corrected chi connectivity index (χ3v) is 5.24. The third-order valence-electron chi connectivity index (χ3n) is 5.24. The van der Waals surface area contributed by atoms with E-state index in [9.17, 15) is 9.59 Å². The van der Waals surface area contributed by atoms with Crippen molar-refractivity contribution in [3.8, 4) is 0 Å². The van der Waals surface area contributed by atoms with Crippen molar-refractivity contribution in [1.82, 2.24) is 10.2 Å². The molecule has 2 atom stereocenters. The number of likely N-dealkylation sites (tertiary alicyclic amines) is 1. The number of nitrogens with zero attached hydrogens (tertiary/aromatic N) is 1. The van der Waals surface area contributed by atoms with Crippen LogP contribution in [-0.2, 0) is 9.59 Å². The molecule has 2 aliphatic heterocycles. The third kappa shape index (κ3) is 1.54. The van der Waals surface area contributed by atoms with Crippen LogP contribution >= 0.6 is 0 Å². The highest BCUT2D eigenvalue weighted by molar-refractivity contribution is 6.10. The van der Waals surface area contributed by atoms with Crippen LogP contribution in [-0.4, -0.2) is 36.3 Å². The Bertz CT molecular complexity index is 386. The van der Waals surface area contributed by atoms with E-state index in [0.29, 0.717) is 6.54 Å². The van der Waals surface area contributed by atoms with Gasteiger partial charge in [-0.15, -0.1) is 0 Å². The van der Waals surface area contributed by atoms with Gasteiger partial charge in [-0.2, -0.15) is 0 Å². The molecule has 3 rings (SSSR count). The first-order valence-electron chi connectivity index (χ1n) is 6.93. The molecular formula is C14H22N2O2. The number of hydrogen-bond donors (Lipinski definition) is 1. The molecular weight excluding hydrogens is 228 g/mol. The summed E-state index contributed by atoms with van der Waals surface area (Å²) in [5.41, 5.74) is 0.0250. The minimum absolute atomic E-state index is 0.0321. The van der Waals surface area contributed by atoms with E-state index in [1.165, 1.54) is 0 Å². The minimum atomic E-state index is -0.0836. The summed E-state index contributed by atoms with van der Waals surface area (Å²) in [7, 11) is 0. The Morgan fingerprint density at radius 1 is 1.11 bits per heavy atom. The smallest absolute Gasteiger partial charge is 0.233 e. The van der Waals surface area contributed by atoms with Crippen molar-refractivity contribution in [2.75, 3.05) is 19.6 Å². The number of imide groups is 1. The predicted octanol–water partition coefficient (Wildman–Crippen LogP) is 1.02. The fourth-order valence-corrected chi connectivity index (χ4v) is 3.73. The second-order valence-corrected chi connectivity index (χ2v) is 7.10. The summed E-state index contributed by atoms with van der Waals surface area (Å²) >= 11 is 0. The largest absolute Gasteiger partial charge is 0.317 e. The van der Waals surface area contributed by atoms with Crippen LogP contribution in [0.1, 0.15) is 33.6 Å². The van der Waals surface area contributed by atoms with Crippen molar-refractivity contribution >= 4 is 11.8 Å². The maximum atomic E-state index is 12.3. The molecule has 4 heteroatoms. The zero-order valence-electron chi connectivity index (χ0n) is 11.5. The van der Waals surface area contributed by atoms with Crippen LogP contribution in [0.3, 0.4) is 0 Å². The van der Waals surface area contributed by atoms with Gasteiger partial charge in [-0.25, -0.2) is 0 Å². The molecule has 0 bridgehead atoms. The molecule has 2 saturated heterocycles. The maximum absolute atomic E-state index is 12.3. The molecule has 0 aromatic rings. The SMILES string of the molecule is CC1(CN2C(=O)C3C(C2=O)C3(C)C)CCNCC1. The predicted molar refractivity (Wildman–Crippen MR) is 67.7 cm³/mol. The summed E-state index contributed by atoms with van der Waals surface area (Å²) in [5, 5.41) is 3.33. The second-order valence-electron chi connectivity index (χ2n) is 7.10. The van der Waals surface area contributed by atoms with Gasteiger partial charge in [-0.3, -0.25) is 14.5 Å². The first-order valence-corrected chi connectivity index (χ1v) is 6.93. The first-order chi connectivity index (χ1) is 8.37. The standard InChI is InChI=1S/C14H22N2O2/c1-13(2)9-10(13)12(18)16(11(9)17)8-14(3)4-6-15-7-5-14/h9-10,15H,4-8H2,1-3H3. The molecule has 1 N–H and O–H groups in total. The summed E-state index contributed by atoms with van der Waals surface area (Å²) in [5.74, 6) is 0.0927. The van der Waals surface area contributed by atoms with Gasteiger partial charge in [-0.1, -0.05) is 20.8 Å². The van der Waals surface area contributed by atoms with E-state index < -0.39 is 0 Å². The summed E-state index contributed by atoms with van der Waals surface area (Å²) < 4.78 is 0. The van der Waals surface area contributed by atoms with Crippen LogP contribution in [0.15, 0.2) is 0 Å². The topological polar surface area (TPSA) is 49.4 Å². The maximum Gasteiger partial charge on any atom is 0.233 e. The summed E-state index contributed by atoms with van der Waals surface area (Å²) in [6.07, 6.45) is 2.09. The number of carbonyl (C=O) groups excluding carboxylic acids is 2. The lowest BCUT2D eigenvalue weighted by Gasteiger charge is -2.37. The van der Waals surface area contributed by atoms with Gasteiger partial charge in [0.05, 0.1) is 11.8 Å². The summed E-state index contributed by atoms with van der Waals surface area (Å²) in [4.78, 5) is 26.1. The lowest BCUT2D eigenvalue weighted by atomic mass is 9.80. The molecule has 0 spiro atoms. The van der Waals surface area contributed by atoms with Gasteiger partial charge in [0.15, 0.2) is 0 Å². The van der Waals surface area contributed by atoms with E-state index in [4.69, 9.17) is 0 Å². The zero-order valence-corrected chi connectivity index (χ0v) is 11.5. The number of amides is 2. The van der Waals surface area contributed by atoms with Crippen LogP contribution in [0.4, 0.5) is 0 Å². The highest BCUT2D eigenvalue weighted by atomic mass is 16.2. The molecule has 2 heterocycles. The fraction of sp³-hybridized carbons (Fsp3) is 0.857. The summed E-state index contributed by atoms with van der Waals surface area (Å²) in [6.45, 7) is 8.86. The van der Waals surface area contributed by atoms with E-state index in [1.54, 1.807) is 4.90 Å². The number of piperidine rings is 2.